The summed E-state index contributed by atoms with van der Waals surface area (Å²) in [6.07, 6.45) is 0. The summed E-state index contributed by atoms with van der Waals surface area (Å²) in [5.41, 5.74) is 0.852. The summed E-state index contributed by atoms with van der Waals surface area (Å²) in [4.78, 5) is 4.44. The van der Waals surface area contributed by atoms with Crippen molar-refractivity contribution in [2.24, 2.45) is 0 Å². The normalized spacial score (nSPS) is 19.4. The van der Waals surface area contributed by atoms with Crippen LogP contribution in [0.4, 0.5) is 0 Å². The van der Waals surface area contributed by atoms with Crippen molar-refractivity contribution in [3.8, 4) is 0 Å². The van der Waals surface area contributed by atoms with E-state index in [0.717, 1.165) is 37.6 Å². The van der Waals surface area contributed by atoms with Crippen LogP contribution in [0.5, 0.6) is 0 Å². The third-order valence-corrected chi connectivity index (χ3v) is 3.88. The van der Waals surface area contributed by atoms with E-state index in [1.165, 1.54) is 0 Å². The van der Waals surface area contributed by atoms with Gasteiger partial charge in [0.05, 0.1) is 26.4 Å². The van der Waals surface area contributed by atoms with Crippen LogP contribution in [0, 0.1) is 0 Å². The molecule has 0 saturated carbocycles. The Morgan fingerprint density at radius 1 is 0.810 bits per heavy atom. The molecule has 2 aliphatic heterocycles. The molecule has 0 aromatic heterocycles. The van der Waals surface area contributed by atoms with E-state index >= 15 is 0 Å². The van der Waals surface area contributed by atoms with Crippen LogP contribution in [0.25, 0.3) is 5.76 Å². The van der Waals surface area contributed by atoms with Crippen LogP contribution in [0.3, 0.4) is 0 Å². The fourth-order valence-corrected chi connectivity index (χ4v) is 2.77. The number of nitrogens with zero attached hydrogens (tertiary/aromatic N) is 2. The first-order valence-electron chi connectivity index (χ1n) is 7.50. The van der Waals surface area contributed by atoms with Gasteiger partial charge in [-0.3, -0.25) is 0 Å². The molecular weight excluding hydrogens is 268 g/mol. The minimum atomic E-state index is 0.347. The molecule has 1 aromatic carbocycles. The van der Waals surface area contributed by atoms with Gasteiger partial charge in [0, 0.05) is 31.7 Å². The van der Waals surface area contributed by atoms with E-state index in [9.17, 15) is 5.11 Å². The number of hydrogen-bond acceptors (Lipinski definition) is 5. The van der Waals surface area contributed by atoms with Crippen molar-refractivity contribution in [3.05, 3.63) is 41.7 Å². The Kier molecular flexibility index (Phi) is 4.62. The minimum Gasteiger partial charge on any atom is -0.504 e. The lowest BCUT2D eigenvalue weighted by Gasteiger charge is -2.40. The Bertz CT molecular complexity index is 458. The standard InChI is InChI=1S/C16H22N2O3/c19-15(14-4-2-1-3-5-14)16(17-6-10-20-11-7-17)18-8-12-21-13-9-18/h1-5,19H,6-13H2. The van der Waals surface area contributed by atoms with Gasteiger partial charge in [-0.05, 0) is 0 Å². The van der Waals surface area contributed by atoms with E-state index < -0.39 is 0 Å². The zero-order valence-electron chi connectivity index (χ0n) is 12.2. The largest absolute Gasteiger partial charge is 0.504 e. The molecule has 0 amide bonds. The number of aliphatic hydroxyl groups excluding tert-OH is 1. The van der Waals surface area contributed by atoms with Gasteiger partial charge >= 0.3 is 0 Å². The molecule has 114 valence electrons. The van der Waals surface area contributed by atoms with Crippen LogP contribution >= 0.6 is 0 Å². The van der Waals surface area contributed by atoms with Crippen LogP contribution < -0.4 is 0 Å². The Morgan fingerprint density at radius 2 is 1.29 bits per heavy atom. The number of rotatable bonds is 3. The van der Waals surface area contributed by atoms with Crippen molar-refractivity contribution in [1.29, 1.82) is 0 Å². The van der Waals surface area contributed by atoms with Gasteiger partial charge in [0.15, 0.2) is 5.76 Å². The Morgan fingerprint density at radius 3 is 1.76 bits per heavy atom. The summed E-state index contributed by atoms with van der Waals surface area (Å²) in [7, 11) is 0. The highest BCUT2D eigenvalue weighted by Crippen LogP contribution is 2.24. The first-order valence-corrected chi connectivity index (χ1v) is 7.50. The van der Waals surface area contributed by atoms with E-state index in [-0.39, 0.29) is 0 Å². The summed E-state index contributed by atoms with van der Waals surface area (Å²) in [5.74, 6) is 1.26. The summed E-state index contributed by atoms with van der Waals surface area (Å²) in [5, 5.41) is 10.8. The molecule has 2 saturated heterocycles. The summed E-state index contributed by atoms with van der Waals surface area (Å²) in [6.45, 7) is 6.05. The predicted octanol–water partition coefficient (Wildman–Crippen LogP) is 1.54. The van der Waals surface area contributed by atoms with Crippen molar-refractivity contribution in [2.45, 2.75) is 0 Å². The van der Waals surface area contributed by atoms with Crippen molar-refractivity contribution in [3.63, 3.8) is 0 Å². The van der Waals surface area contributed by atoms with Gasteiger partial charge in [0.25, 0.3) is 0 Å². The second kappa shape index (κ2) is 6.83. The monoisotopic (exact) mass is 290 g/mol. The van der Waals surface area contributed by atoms with Crippen LogP contribution in [0.2, 0.25) is 0 Å². The molecule has 0 radical (unpaired) electrons. The molecule has 2 aliphatic rings. The predicted molar refractivity (Wildman–Crippen MR) is 80.8 cm³/mol. The zero-order chi connectivity index (χ0) is 14.5. The lowest BCUT2D eigenvalue weighted by Crippen LogP contribution is -2.46. The number of morpholine rings is 2. The molecule has 2 heterocycles. The molecular formula is C16H22N2O3. The maximum absolute atomic E-state index is 10.8. The molecule has 1 aromatic rings. The highest BCUT2D eigenvalue weighted by molar-refractivity contribution is 5.61. The SMILES string of the molecule is OC(=C(N1CCOCC1)N1CCOCC1)c1ccccc1. The smallest absolute Gasteiger partial charge is 0.163 e. The fourth-order valence-electron chi connectivity index (χ4n) is 2.77. The van der Waals surface area contributed by atoms with Gasteiger partial charge < -0.3 is 24.4 Å². The molecule has 5 nitrogen and oxygen atoms in total. The van der Waals surface area contributed by atoms with E-state index in [2.05, 4.69) is 9.80 Å². The van der Waals surface area contributed by atoms with Gasteiger partial charge in [-0.25, -0.2) is 0 Å². The minimum absolute atomic E-state index is 0.347. The number of ether oxygens (including phenoxy) is 2. The molecule has 5 heteroatoms. The molecule has 2 fully saturated rings. The molecule has 3 rings (SSSR count). The topological polar surface area (TPSA) is 45.2 Å². The summed E-state index contributed by atoms with van der Waals surface area (Å²) < 4.78 is 10.9. The quantitative estimate of drug-likeness (QED) is 0.856. The molecule has 21 heavy (non-hydrogen) atoms. The third kappa shape index (κ3) is 3.31. The molecule has 1 N–H and O–H groups in total. The second-order valence-electron chi connectivity index (χ2n) is 5.24. The Balaban J connectivity index is 1.93. The number of hydrogen-bond donors (Lipinski definition) is 1. The van der Waals surface area contributed by atoms with E-state index in [4.69, 9.17) is 9.47 Å². The first kappa shape index (κ1) is 14.2. The van der Waals surface area contributed by atoms with Crippen LogP contribution in [0.1, 0.15) is 5.56 Å². The van der Waals surface area contributed by atoms with Gasteiger partial charge in [-0.15, -0.1) is 0 Å². The Hall–Kier alpha value is -1.72. The fraction of sp³-hybridized carbons (Fsp3) is 0.500. The maximum Gasteiger partial charge on any atom is 0.163 e. The first-order chi connectivity index (χ1) is 10.4. The van der Waals surface area contributed by atoms with Crippen molar-refractivity contribution < 1.29 is 14.6 Å². The number of benzene rings is 1. The average Bonchev–Trinajstić information content (AvgIpc) is 2.58. The summed E-state index contributed by atoms with van der Waals surface area (Å²) >= 11 is 0. The van der Waals surface area contributed by atoms with Crippen molar-refractivity contribution in [2.75, 3.05) is 52.6 Å². The summed E-state index contributed by atoms with van der Waals surface area (Å²) in [6, 6.07) is 9.73. The molecule has 0 spiro atoms. The van der Waals surface area contributed by atoms with E-state index in [1.807, 2.05) is 30.3 Å². The highest BCUT2D eigenvalue weighted by atomic mass is 16.5. The van der Waals surface area contributed by atoms with Crippen molar-refractivity contribution >= 4 is 5.76 Å². The molecule has 0 bridgehead atoms. The van der Waals surface area contributed by atoms with Crippen LogP contribution in [-0.2, 0) is 9.47 Å². The van der Waals surface area contributed by atoms with Crippen LogP contribution in [-0.4, -0.2) is 67.5 Å². The lowest BCUT2D eigenvalue weighted by atomic mass is 10.1. The second-order valence-corrected chi connectivity index (χ2v) is 5.24. The highest BCUT2D eigenvalue weighted by Gasteiger charge is 2.25. The van der Waals surface area contributed by atoms with E-state index in [1.54, 1.807) is 0 Å². The molecule has 0 unspecified atom stereocenters. The van der Waals surface area contributed by atoms with Gasteiger partial charge in [0.2, 0.25) is 0 Å². The number of aliphatic hydroxyl groups is 1. The lowest BCUT2D eigenvalue weighted by molar-refractivity contribution is 0.00770. The zero-order valence-corrected chi connectivity index (χ0v) is 12.2. The maximum atomic E-state index is 10.8. The average molecular weight is 290 g/mol. The Labute approximate surface area is 125 Å². The molecule has 0 atom stereocenters. The third-order valence-electron chi connectivity index (χ3n) is 3.88. The van der Waals surface area contributed by atoms with Gasteiger partial charge in [0.1, 0.15) is 5.82 Å². The molecule has 0 aliphatic carbocycles. The van der Waals surface area contributed by atoms with Crippen LogP contribution in [0.15, 0.2) is 36.2 Å². The van der Waals surface area contributed by atoms with Gasteiger partial charge in [-0.2, -0.15) is 0 Å². The van der Waals surface area contributed by atoms with Gasteiger partial charge in [-0.1, -0.05) is 30.3 Å². The van der Waals surface area contributed by atoms with E-state index in [0.29, 0.717) is 32.2 Å². The van der Waals surface area contributed by atoms with Crippen molar-refractivity contribution in [1.82, 2.24) is 9.80 Å².